The Bertz CT molecular complexity index is 587. The third-order valence-electron chi connectivity index (χ3n) is 3.74. The molecule has 120 valence electrons. The van der Waals surface area contributed by atoms with Crippen LogP contribution in [0, 0.1) is 0 Å². The van der Waals surface area contributed by atoms with Gasteiger partial charge in [-0.1, -0.05) is 24.4 Å². The summed E-state index contributed by atoms with van der Waals surface area (Å²) in [5.74, 6) is 0.444. The molecule has 1 aliphatic rings. The van der Waals surface area contributed by atoms with E-state index in [0.29, 0.717) is 12.3 Å². The Morgan fingerprint density at radius 2 is 2.00 bits per heavy atom. The molecule has 0 amide bonds. The molecule has 0 unspecified atom stereocenters. The number of rotatable bonds is 5. The van der Waals surface area contributed by atoms with Crippen LogP contribution in [-0.2, 0) is 10.0 Å². The normalized spacial score (nSPS) is 17.3. The average molecular weight is 355 g/mol. The first kappa shape index (κ1) is 18.5. The summed E-state index contributed by atoms with van der Waals surface area (Å²) in [6, 6.07) is 4.41. The van der Waals surface area contributed by atoms with Gasteiger partial charge in [0.2, 0.25) is 10.0 Å². The average Bonchev–Trinajstić information content (AvgIpc) is 2.87. The molecule has 0 aromatic heterocycles. The number of hydrogen-bond acceptors (Lipinski definition) is 4. The van der Waals surface area contributed by atoms with Gasteiger partial charge in [0.15, 0.2) is 0 Å². The topological polar surface area (TPSA) is 81.4 Å². The molecule has 1 fully saturated rings. The molecule has 1 aliphatic carbocycles. The molecule has 5 nitrogen and oxygen atoms in total. The Morgan fingerprint density at radius 3 is 2.48 bits per heavy atom. The molecule has 2 rings (SSSR count). The lowest BCUT2D eigenvalue weighted by Gasteiger charge is -2.28. The SMILES string of the molecule is COc1ccc(S(=O)(=O)NC2(CN)CCCC2)cc1Cl.Cl. The Hall–Kier alpha value is -0.530. The number of sulfonamides is 1. The minimum absolute atomic E-state index is 0. The lowest BCUT2D eigenvalue weighted by Crippen LogP contribution is -2.51. The molecule has 8 heteroatoms. The van der Waals surface area contributed by atoms with Gasteiger partial charge in [0, 0.05) is 12.1 Å². The molecule has 21 heavy (non-hydrogen) atoms. The third kappa shape index (κ3) is 4.02. The maximum Gasteiger partial charge on any atom is 0.241 e. The molecule has 1 saturated carbocycles. The summed E-state index contributed by atoms with van der Waals surface area (Å²) in [5, 5.41) is 0.267. The summed E-state index contributed by atoms with van der Waals surface area (Å²) in [5.41, 5.74) is 5.23. The molecule has 0 heterocycles. The van der Waals surface area contributed by atoms with E-state index >= 15 is 0 Å². The Labute approximate surface area is 136 Å². The van der Waals surface area contributed by atoms with Crippen LogP contribution in [0.3, 0.4) is 0 Å². The van der Waals surface area contributed by atoms with Crippen molar-refractivity contribution in [2.24, 2.45) is 5.73 Å². The molecular weight excluding hydrogens is 335 g/mol. The van der Waals surface area contributed by atoms with Crippen LogP contribution < -0.4 is 15.2 Å². The number of benzene rings is 1. The second kappa shape index (κ2) is 7.15. The molecule has 0 aliphatic heterocycles. The van der Waals surface area contributed by atoms with Crippen LogP contribution in [0.2, 0.25) is 5.02 Å². The van der Waals surface area contributed by atoms with Crippen LogP contribution in [0.5, 0.6) is 5.75 Å². The van der Waals surface area contributed by atoms with Gasteiger partial charge in [0.25, 0.3) is 0 Å². The standard InChI is InChI=1S/C13H19ClN2O3S.ClH/c1-19-12-5-4-10(8-11(12)14)20(17,18)16-13(9-15)6-2-3-7-13;/h4-5,8,16H,2-3,6-7,9,15H2,1H3;1H. The van der Waals surface area contributed by atoms with Crippen molar-refractivity contribution >= 4 is 34.0 Å². The molecule has 1 aromatic carbocycles. The molecule has 0 atom stereocenters. The minimum Gasteiger partial charge on any atom is -0.495 e. The molecule has 1 aromatic rings. The van der Waals surface area contributed by atoms with E-state index in [4.69, 9.17) is 22.1 Å². The molecular formula is C13H20Cl2N2O3S. The van der Waals surface area contributed by atoms with Gasteiger partial charge < -0.3 is 10.5 Å². The van der Waals surface area contributed by atoms with Crippen molar-refractivity contribution in [3.8, 4) is 5.75 Å². The fourth-order valence-electron chi connectivity index (χ4n) is 2.56. The Morgan fingerprint density at radius 1 is 1.38 bits per heavy atom. The summed E-state index contributed by atoms with van der Waals surface area (Å²) in [6.45, 7) is 0.302. The van der Waals surface area contributed by atoms with E-state index in [2.05, 4.69) is 4.72 Å². The van der Waals surface area contributed by atoms with Gasteiger partial charge in [0.1, 0.15) is 5.75 Å². The summed E-state index contributed by atoms with van der Waals surface area (Å²) < 4.78 is 32.6. The number of hydrogen-bond donors (Lipinski definition) is 2. The lowest BCUT2D eigenvalue weighted by atomic mass is 10.0. The number of halogens is 2. The van der Waals surface area contributed by atoms with Crippen molar-refractivity contribution in [1.82, 2.24) is 4.72 Å². The van der Waals surface area contributed by atoms with E-state index in [-0.39, 0.29) is 22.3 Å². The van der Waals surface area contributed by atoms with Gasteiger partial charge in [-0.2, -0.15) is 0 Å². The smallest absolute Gasteiger partial charge is 0.241 e. The predicted molar refractivity (Wildman–Crippen MR) is 85.8 cm³/mol. The molecule has 0 radical (unpaired) electrons. The van der Waals surface area contributed by atoms with Crippen molar-refractivity contribution in [2.45, 2.75) is 36.1 Å². The lowest BCUT2D eigenvalue weighted by molar-refractivity contribution is 0.399. The first-order valence-corrected chi connectivity index (χ1v) is 8.36. The van der Waals surface area contributed by atoms with Gasteiger partial charge in [-0.15, -0.1) is 12.4 Å². The van der Waals surface area contributed by atoms with Crippen LogP contribution in [0.1, 0.15) is 25.7 Å². The van der Waals surface area contributed by atoms with Crippen LogP contribution in [0.15, 0.2) is 23.1 Å². The van der Waals surface area contributed by atoms with E-state index in [0.717, 1.165) is 25.7 Å². The monoisotopic (exact) mass is 354 g/mol. The molecule has 0 saturated heterocycles. The van der Waals surface area contributed by atoms with E-state index in [1.54, 1.807) is 6.07 Å². The highest BCUT2D eigenvalue weighted by atomic mass is 35.5. The Balaban J connectivity index is 0.00000220. The summed E-state index contributed by atoms with van der Waals surface area (Å²) >= 11 is 5.98. The quantitative estimate of drug-likeness (QED) is 0.849. The highest BCUT2D eigenvalue weighted by molar-refractivity contribution is 7.89. The zero-order chi connectivity index (χ0) is 14.8. The first-order valence-electron chi connectivity index (χ1n) is 6.50. The zero-order valence-corrected chi connectivity index (χ0v) is 14.2. The Kier molecular flexibility index (Phi) is 6.31. The van der Waals surface area contributed by atoms with Crippen LogP contribution in [-0.4, -0.2) is 27.6 Å². The number of ether oxygens (including phenoxy) is 1. The van der Waals surface area contributed by atoms with Crippen molar-refractivity contribution in [1.29, 1.82) is 0 Å². The largest absolute Gasteiger partial charge is 0.495 e. The van der Waals surface area contributed by atoms with Gasteiger partial charge in [-0.3, -0.25) is 0 Å². The van der Waals surface area contributed by atoms with Crippen LogP contribution in [0.25, 0.3) is 0 Å². The number of nitrogens with one attached hydrogen (secondary N) is 1. The van der Waals surface area contributed by atoms with E-state index < -0.39 is 15.6 Å². The number of nitrogens with two attached hydrogens (primary N) is 1. The third-order valence-corrected chi connectivity index (χ3v) is 5.61. The van der Waals surface area contributed by atoms with Crippen molar-refractivity contribution in [3.05, 3.63) is 23.2 Å². The fraction of sp³-hybridized carbons (Fsp3) is 0.538. The number of methoxy groups -OCH3 is 1. The van der Waals surface area contributed by atoms with E-state index in [1.807, 2.05) is 0 Å². The maximum atomic E-state index is 12.4. The highest BCUT2D eigenvalue weighted by Crippen LogP contribution is 2.32. The van der Waals surface area contributed by atoms with Crippen LogP contribution >= 0.6 is 24.0 Å². The summed E-state index contributed by atoms with van der Waals surface area (Å²) in [7, 11) is -2.15. The highest BCUT2D eigenvalue weighted by Gasteiger charge is 2.36. The summed E-state index contributed by atoms with van der Waals surface area (Å²) in [4.78, 5) is 0.128. The molecule has 3 N–H and O–H groups in total. The maximum absolute atomic E-state index is 12.4. The second-order valence-corrected chi connectivity index (χ2v) is 7.18. The van der Waals surface area contributed by atoms with Gasteiger partial charge >= 0.3 is 0 Å². The van der Waals surface area contributed by atoms with Crippen molar-refractivity contribution in [2.75, 3.05) is 13.7 Å². The first-order chi connectivity index (χ1) is 9.42. The van der Waals surface area contributed by atoms with Crippen molar-refractivity contribution < 1.29 is 13.2 Å². The summed E-state index contributed by atoms with van der Waals surface area (Å²) in [6.07, 6.45) is 3.52. The van der Waals surface area contributed by atoms with Crippen molar-refractivity contribution in [3.63, 3.8) is 0 Å². The second-order valence-electron chi connectivity index (χ2n) is 5.09. The predicted octanol–water partition coefficient (Wildman–Crippen LogP) is 2.32. The zero-order valence-electron chi connectivity index (χ0n) is 11.8. The van der Waals surface area contributed by atoms with Gasteiger partial charge in [0.05, 0.1) is 17.0 Å². The van der Waals surface area contributed by atoms with E-state index in [1.165, 1.54) is 19.2 Å². The molecule has 0 bridgehead atoms. The van der Waals surface area contributed by atoms with Gasteiger partial charge in [-0.05, 0) is 31.0 Å². The van der Waals surface area contributed by atoms with E-state index in [9.17, 15) is 8.42 Å². The van der Waals surface area contributed by atoms with Gasteiger partial charge in [-0.25, -0.2) is 13.1 Å². The van der Waals surface area contributed by atoms with Crippen LogP contribution in [0.4, 0.5) is 0 Å². The minimum atomic E-state index is -3.63. The fourth-order valence-corrected chi connectivity index (χ4v) is 4.38. The molecule has 0 spiro atoms.